The van der Waals surface area contributed by atoms with E-state index in [4.69, 9.17) is 5.73 Å². The second kappa shape index (κ2) is 4.78. The van der Waals surface area contributed by atoms with Crippen LogP contribution >= 0.6 is 0 Å². The van der Waals surface area contributed by atoms with Gasteiger partial charge in [0.05, 0.1) is 0 Å². The number of hydrogen-bond donors (Lipinski definition) is 1. The van der Waals surface area contributed by atoms with Gasteiger partial charge in [0.1, 0.15) is 11.6 Å². The molecule has 0 aliphatic carbocycles. The standard InChI is InChI=1S/C12H20N4/c1-9(2)12-14-5-3-11(15-12)16-6-4-10(7-13)8-16/h3,5,9-10H,4,6-8,13H2,1-2H3. The van der Waals surface area contributed by atoms with Gasteiger partial charge in [-0.25, -0.2) is 9.97 Å². The Bertz CT molecular complexity index is 351. The summed E-state index contributed by atoms with van der Waals surface area (Å²) >= 11 is 0. The molecule has 0 radical (unpaired) electrons. The summed E-state index contributed by atoms with van der Waals surface area (Å²) in [4.78, 5) is 11.2. The normalized spacial score (nSPS) is 20.8. The maximum atomic E-state index is 5.69. The van der Waals surface area contributed by atoms with E-state index in [0.29, 0.717) is 11.8 Å². The number of rotatable bonds is 3. The molecule has 1 saturated heterocycles. The predicted octanol–water partition coefficient (Wildman–Crippen LogP) is 1.39. The fraction of sp³-hybridized carbons (Fsp3) is 0.667. The molecule has 1 aromatic heterocycles. The van der Waals surface area contributed by atoms with Gasteiger partial charge in [-0.15, -0.1) is 0 Å². The molecule has 1 aliphatic heterocycles. The van der Waals surface area contributed by atoms with E-state index in [1.165, 1.54) is 6.42 Å². The predicted molar refractivity (Wildman–Crippen MR) is 65.5 cm³/mol. The molecule has 4 nitrogen and oxygen atoms in total. The van der Waals surface area contributed by atoms with E-state index in [9.17, 15) is 0 Å². The molecule has 88 valence electrons. The quantitative estimate of drug-likeness (QED) is 0.836. The van der Waals surface area contributed by atoms with Gasteiger partial charge in [-0.1, -0.05) is 13.8 Å². The van der Waals surface area contributed by atoms with Crippen molar-refractivity contribution < 1.29 is 0 Å². The van der Waals surface area contributed by atoms with E-state index in [1.807, 2.05) is 12.3 Å². The largest absolute Gasteiger partial charge is 0.356 e. The smallest absolute Gasteiger partial charge is 0.133 e. The summed E-state index contributed by atoms with van der Waals surface area (Å²) in [7, 11) is 0. The molecule has 0 saturated carbocycles. The minimum atomic E-state index is 0.382. The maximum Gasteiger partial charge on any atom is 0.133 e. The first-order valence-corrected chi connectivity index (χ1v) is 5.98. The van der Waals surface area contributed by atoms with Crippen LogP contribution in [0.25, 0.3) is 0 Å². The minimum Gasteiger partial charge on any atom is -0.356 e. The molecule has 1 unspecified atom stereocenters. The van der Waals surface area contributed by atoms with Gasteiger partial charge in [-0.3, -0.25) is 0 Å². The minimum absolute atomic E-state index is 0.382. The second-order valence-electron chi connectivity index (χ2n) is 4.76. The summed E-state index contributed by atoms with van der Waals surface area (Å²) in [5.41, 5.74) is 5.69. The lowest BCUT2D eigenvalue weighted by Gasteiger charge is -2.18. The number of hydrogen-bond acceptors (Lipinski definition) is 4. The van der Waals surface area contributed by atoms with Crippen molar-refractivity contribution in [2.24, 2.45) is 11.7 Å². The van der Waals surface area contributed by atoms with Gasteiger partial charge >= 0.3 is 0 Å². The molecule has 2 heterocycles. The fourth-order valence-corrected chi connectivity index (χ4v) is 2.05. The molecule has 2 N–H and O–H groups in total. The lowest BCUT2D eigenvalue weighted by Crippen LogP contribution is -2.23. The summed E-state index contributed by atoms with van der Waals surface area (Å²) < 4.78 is 0. The van der Waals surface area contributed by atoms with E-state index >= 15 is 0 Å². The van der Waals surface area contributed by atoms with Crippen molar-refractivity contribution in [1.82, 2.24) is 9.97 Å². The highest BCUT2D eigenvalue weighted by molar-refractivity contribution is 5.39. The van der Waals surface area contributed by atoms with Gasteiger partial charge in [0.2, 0.25) is 0 Å². The molecule has 1 fully saturated rings. The van der Waals surface area contributed by atoms with Crippen LogP contribution in [-0.4, -0.2) is 29.6 Å². The molecule has 1 atom stereocenters. The van der Waals surface area contributed by atoms with Crippen LogP contribution in [0.15, 0.2) is 12.3 Å². The lowest BCUT2D eigenvalue weighted by atomic mass is 10.1. The van der Waals surface area contributed by atoms with Crippen LogP contribution in [0.3, 0.4) is 0 Å². The zero-order valence-electron chi connectivity index (χ0n) is 10.1. The van der Waals surface area contributed by atoms with E-state index < -0.39 is 0 Å². The molecule has 0 bridgehead atoms. The van der Waals surface area contributed by atoms with E-state index in [2.05, 4.69) is 28.7 Å². The highest BCUT2D eigenvalue weighted by atomic mass is 15.2. The molecule has 1 aliphatic rings. The summed E-state index contributed by atoms with van der Waals surface area (Å²) in [5.74, 6) is 2.98. The van der Waals surface area contributed by atoms with Gasteiger partial charge < -0.3 is 10.6 Å². The van der Waals surface area contributed by atoms with Crippen LogP contribution in [0, 0.1) is 5.92 Å². The Balaban J connectivity index is 2.12. The summed E-state index contributed by atoms with van der Waals surface area (Å²) in [6, 6.07) is 1.99. The van der Waals surface area contributed by atoms with Crippen molar-refractivity contribution in [3.05, 3.63) is 18.1 Å². The SMILES string of the molecule is CC(C)c1nccc(N2CCC(CN)C2)n1. The summed E-state index contributed by atoms with van der Waals surface area (Å²) in [5, 5.41) is 0. The third-order valence-corrected chi connectivity index (χ3v) is 3.12. The fourth-order valence-electron chi connectivity index (χ4n) is 2.05. The van der Waals surface area contributed by atoms with Crippen molar-refractivity contribution in [3.63, 3.8) is 0 Å². The van der Waals surface area contributed by atoms with Crippen molar-refractivity contribution in [3.8, 4) is 0 Å². The Labute approximate surface area is 96.9 Å². The van der Waals surface area contributed by atoms with Crippen LogP contribution in [0.2, 0.25) is 0 Å². The highest BCUT2D eigenvalue weighted by Crippen LogP contribution is 2.22. The van der Waals surface area contributed by atoms with Crippen LogP contribution in [0.4, 0.5) is 5.82 Å². The first kappa shape index (κ1) is 11.3. The van der Waals surface area contributed by atoms with Gasteiger partial charge in [0, 0.05) is 25.2 Å². The van der Waals surface area contributed by atoms with E-state index in [1.54, 1.807) is 0 Å². The molecule has 4 heteroatoms. The van der Waals surface area contributed by atoms with Crippen molar-refractivity contribution in [2.75, 3.05) is 24.5 Å². The average molecular weight is 220 g/mol. The monoisotopic (exact) mass is 220 g/mol. The Kier molecular flexibility index (Phi) is 3.39. The first-order chi connectivity index (χ1) is 7.70. The number of nitrogens with two attached hydrogens (primary N) is 1. The summed E-state index contributed by atoms with van der Waals surface area (Å²) in [6.45, 7) is 7.11. The zero-order valence-corrected chi connectivity index (χ0v) is 10.1. The average Bonchev–Trinajstić information content (AvgIpc) is 2.77. The highest BCUT2D eigenvalue weighted by Gasteiger charge is 2.22. The third-order valence-electron chi connectivity index (χ3n) is 3.12. The van der Waals surface area contributed by atoms with Crippen LogP contribution in [0.5, 0.6) is 0 Å². The van der Waals surface area contributed by atoms with Gasteiger partial charge in [0.25, 0.3) is 0 Å². The first-order valence-electron chi connectivity index (χ1n) is 5.98. The number of anilines is 1. The van der Waals surface area contributed by atoms with E-state index in [0.717, 1.165) is 31.3 Å². The van der Waals surface area contributed by atoms with Crippen LogP contribution < -0.4 is 10.6 Å². The number of nitrogens with zero attached hydrogens (tertiary/aromatic N) is 3. The van der Waals surface area contributed by atoms with Crippen LogP contribution in [0.1, 0.15) is 32.0 Å². The maximum absolute atomic E-state index is 5.69. The molecular formula is C12H20N4. The van der Waals surface area contributed by atoms with Crippen LogP contribution in [-0.2, 0) is 0 Å². The van der Waals surface area contributed by atoms with Crippen molar-refractivity contribution in [1.29, 1.82) is 0 Å². The molecule has 2 rings (SSSR count). The lowest BCUT2D eigenvalue weighted by molar-refractivity contribution is 0.602. The molecular weight excluding hydrogens is 200 g/mol. The van der Waals surface area contributed by atoms with Crippen molar-refractivity contribution >= 4 is 5.82 Å². The van der Waals surface area contributed by atoms with Gasteiger partial charge in [-0.2, -0.15) is 0 Å². The topological polar surface area (TPSA) is 55.0 Å². The molecule has 1 aromatic rings. The van der Waals surface area contributed by atoms with Gasteiger partial charge in [0.15, 0.2) is 0 Å². The Morgan fingerprint density at radius 2 is 2.38 bits per heavy atom. The van der Waals surface area contributed by atoms with Gasteiger partial charge in [-0.05, 0) is 24.9 Å². The molecule has 0 aromatic carbocycles. The second-order valence-corrected chi connectivity index (χ2v) is 4.76. The van der Waals surface area contributed by atoms with Crippen molar-refractivity contribution in [2.45, 2.75) is 26.2 Å². The van der Waals surface area contributed by atoms with E-state index in [-0.39, 0.29) is 0 Å². The zero-order chi connectivity index (χ0) is 11.5. The molecule has 0 amide bonds. The Morgan fingerprint density at radius 3 is 3.00 bits per heavy atom. The molecule has 0 spiro atoms. The Morgan fingerprint density at radius 1 is 1.56 bits per heavy atom. The number of aromatic nitrogens is 2. The molecule has 16 heavy (non-hydrogen) atoms. The Hall–Kier alpha value is -1.16. The third kappa shape index (κ3) is 2.32. The summed E-state index contributed by atoms with van der Waals surface area (Å²) in [6.07, 6.45) is 3.03.